The van der Waals surface area contributed by atoms with Gasteiger partial charge < -0.3 is 10.2 Å². The van der Waals surface area contributed by atoms with Crippen molar-refractivity contribution in [2.24, 2.45) is 0 Å². The normalized spacial score (nSPS) is 12.6. The standard InChI is InChI=1S/C29H32Br2N2O2S/c1-3-21(2)32-29(35)27(17-22-8-5-4-6-9-22)33(18-24-10-7-11-26(31)16-24)28(34)20-36-19-23-12-14-25(30)15-13-23/h4-16,21,27H,3,17-20H2,1-2H3,(H,32,35)/t21-,27+/m0/s1. The Morgan fingerprint density at radius 3 is 2.25 bits per heavy atom. The number of carbonyl (C=O) groups is 2. The number of nitrogens with one attached hydrogen (secondary N) is 1. The van der Waals surface area contributed by atoms with Crippen LogP contribution in [-0.4, -0.2) is 34.6 Å². The van der Waals surface area contributed by atoms with E-state index in [0.717, 1.165) is 37.8 Å². The number of thioether (sulfide) groups is 1. The van der Waals surface area contributed by atoms with Gasteiger partial charge in [0.2, 0.25) is 11.8 Å². The van der Waals surface area contributed by atoms with Crippen LogP contribution in [0, 0.1) is 0 Å². The molecule has 0 fully saturated rings. The Morgan fingerprint density at radius 1 is 0.889 bits per heavy atom. The Bertz CT molecular complexity index is 1130. The smallest absolute Gasteiger partial charge is 0.243 e. The van der Waals surface area contributed by atoms with E-state index in [-0.39, 0.29) is 17.9 Å². The molecule has 0 saturated heterocycles. The number of hydrogen-bond acceptors (Lipinski definition) is 3. The van der Waals surface area contributed by atoms with E-state index in [1.165, 1.54) is 0 Å². The van der Waals surface area contributed by atoms with Crippen LogP contribution in [-0.2, 0) is 28.3 Å². The lowest BCUT2D eigenvalue weighted by Crippen LogP contribution is -2.52. The summed E-state index contributed by atoms with van der Waals surface area (Å²) >= 11 is 8.56. The second kappa shape index (κ2) is 14.6. The lowest BCUT2D eigenvalue weighted by Gasteiger charge is -2.32. The van der Waals surface area contributed by atoms with E-state index >= 15 is 0 Å². The molecule has 7 heteroatoms. The highest BCUT2D eigenvalue weighted by molar-refractivity contribution is 9.10. The van der Waals surface area contributed by atoms with Gasteiger partial charge in [-0.25, -0.2) is 0 Å². The Kier molecular flexibility index (Phi) is 11.5. The number of amides is 2. The molecule has 0 aliphatic carbocycles. The molecule has 0 saturated carbocycles. The summed E-state index contributed by atoms with van der Waals surface area (Å²) in [5, 5.41) is 3.12. The van der Waals surface area contributed by atoms with Crippen LogP contribution in [0.4, 0.5) is 0 Å². The van der Waals surface area contributed by atoms with Crippen molar-refractivity contribution in [1.29, 1.82) is 0 Å². The van der Waals surface area contributed by atoms with Crippen LogP contribution in [0.15, 0.2) is 87.8 Å². The Hall–Kier alpha value is -2.09. The largest absolute Gasteiger partial charge is 0.352 e. The third kappa shape index (κ3) is 9.09. The second-order valence-corrected chi connectivity index (χ2v) is 11.6. The predicted molar refractivity (Wildman–Crippen MR) is 157 cm³/mol. The van der Waals surface area contributed by atoms with Crippen molar-refractivity contribution in [2.75, 3.05) is 5.75 Å². The lowest BCUT2D eigenvalue weighted by atomic mass is 10.0. The van der Waals surface area contributed by atoms with E-state index in [9.17, 15) is 9.59 Å². The van der Waals surface area contributed by atoms with Crippen LogP contribution < -0.4 is 5.32 Å². The SMILES string of the molecule is CC[C@H](C)NC(=O)[C@@H](Cc1ccccc1)N(Cc1cccc(Br)c1)C(=O)CSCc1ccc(Br)cc1. The molecule has 0 aliphatic heterocycles. The summed E-state index contributed by atoms with van der Waals surface area (Å²) in [6, 6.07) is 25.4. The summed E-state index contributed by atoms with van der Waals surface area (Å²) in [5.41, 5.74) is 3.16. The minimum Gasteiger partial charge on any atom is -0.352 e. The van der Waals surface area contributed by atoms with E-state index in [2.05, 4.69) is 49.3 Å². The van der Waals surface area contributed by atoms with Crippen LogP contribution in [0.1, 0.15) is 37.0 Å². The first-order valence-electron chi connectivity index (χ1n) is 12.1. The van der Waals surface area contributed by atoms with Gasteiger partial charge in [0.25, 0.3) is 0 Å². The molecule has 4 nitrogen and oxygen atoms in total. The molecule has 190 valence electrons. The van der Waals surface area contributed by atoms with Gasteiger partial charge in [-0.05, 0) is 54.3 Å². The van der Waals surface area contributed by atoms with Gasteiger partial charge in [0, 0.05) is 33.7 Å². The average molecular weight is 632 g/mol. The quantitative estimate of drug-likeness (QED) is 0.234. The maximum atomic E-state index is 13.7. The first-order chi connectivity index (χ1) is 17.4. The Morgan fingerprint density at radius 2 is 1.58 bits per heavy atom. The van der Waals surface area contributed by atoms with E-state index in [1.807, 2.05) is 80.6 Å². The minimum absolute atomic E-state index is 0.0328. The third-order valence-corrected chi connectivity index (χ3v) is 7.93. The van der Waals surface area contributed by atoms with E-state index in [0.29, 0.717) is 18.7 Å². The molecule has 2 atom stereocenters. The van der Waals surface area contributed by atoms with Gasteiger partial charge in [-0.15, -0.1) is 11.8 Å². The lowest BCUT2D eigenvalue weighted by molar-refractivity contribution is -0.139. The minimum atomic E-state index is -0.610. The van der Waals surface area contributed by atoms with Crippen molar-refractivity contribution in [2.45, 2.75) is 51.1 Å². The zero-order chi connectivity index (χ0) is 25.9. The van der Waals surface area contributed by atoms with Crippen LogP contribution in [0.5, 0.6) is 0 Å². The predicted octanol–water partition coefficient (Wildman–Crippen LogP) is 7.00. The topological polar surface area (TPSA) is 49.4 Å². The van der Waals surface area contributed by atoms with E-state index in [1.54, 1.807) is 16.7 Å². The Balaban J connectivity index is 1.85. The monoisotopic (exact) mass is 630 g/mol. The highest BCUT2D eigenvalue weighted by atomic mass is 79.9. The summed E-state index contributed by atoms with van der Waals surface area (Å²) < 4.78 is 1.98. The molecule has 3 rings (SSSR count). The fourth-order valence-corrected chi connectivity index (χ4v) is 5.33. The van der Waals surface area contributed by atoms with Crippen molar-refractivity contribution < 1.29 is 9.59 Å². The van der Waals surface area contributed by atoms with Gasteiger partial charge >= 0.3 is 0 Å². The first kappa shape index (κ1) is 28.5. The highest BCUT2D eigenvalue weighted by Gasteiger charge is 2.30. The van der Waals surface area contributed by atoms with Gasteiger partial charge in [-0.2, -0.15) is 0 Å². The molecule has 0 unspecified atom stereocenters. The number of halogens is 2. The maximum absolute atomic E-state index is 13.7. The molecule has 0 radical (unpaired) electrons. The highest BCUT2D eigenvalue weighted by Crippen LogP contribution is 2.21. The number of nitrogens with zero attached hydrogens (tertiary/aromatic N) is 1. The maximum Gasteiger partial charge on any atom is 0.243 e. The molecule has 0 aliphatic rings. The van der Waals surface area contributed by atoms with E-state index in [4.69, 9.17) is 0 Å². The molecule has 0 aromatic heterocycles. The Labute approximate surface area is 235 Å². The fraction of sp³-hybridized carbons (Fsp3) is 0.310. The van der Waals surface area contributed by atoms with Crippen LogP contribution >= 0.6 is 43.6 Å². The van der Waals surface area contributed by atoms with Crippen molar-refractivity contribution in [3.8, 4) is 0 Å². The van der Waals surface area contributed by atoms with Gasteiger partial charge in [0.15, 0.2) is 0 Å². The van der Waals surface area contributed by atoms with Gasteiger partial charge in [0.1, 0.15) is 6.04 Å². The number of hydrogen-bond donors (Lipinski definition) is 1. The van der Waals surface area contributed by atoms with Crippen LogP contribution in [0.25, 0.3) is 0 Å². The summed E-state index contributed by atoms with van der Waals surface area (Å²) in [6.45, 7) is 4.40. The summed E-state index contributed by atoms with van der Waals surface area (Å²) in [7, 11) is 0. The number of carbonyl (C=O) groups excluding carboxylic acids is 2. The molecule has 2 amide bonds. The molecule has 36 heavy (non-hydrogen) atoms. The molecule has 3 aromatic rings. The molecule has 0 heterocycles. The van der Waals surface area contributed by atoms with Crippen molar-refractivity contribution in [1.82, 2.24) is 10.2 Å². The first-order valence-corrected chi connectivity index (χ1v) is 14.8. The fourth-order valence-electron chi connectivity index (χ4n) is 3.75. The molecular formula is C29H32Br2N2O2S. The number of rotatable bonds is 12. The summed E-state index contributed by atoms with van der Waals surface area (Å²) in [6.07, 6.45) is 1.28. The zero-order valence-electron chi connectivity index (χ0n) is 20.6. The van der Waals surface area contributed by atoms with Crippen molar-refractivity contribution in [3.63, 3.8) is 0 Å². The molecule has 3 aromatic carbocycles. The van der Waals surface area contributed by atoms with Crippen LogP contribution in [0.2, 0.25) is 0 Å². The molecular weight excluding hydrogens is 600 g/mol. The third-order valence-electron chi connectivity index (χ3n) is 5.92. The van der Waals surface area contributed by atoms with Crippen LogP contribution in [0.3, 0.4) is 0 Å². The van der Waals surface area contributed by atoms with Gasteiger partial charge in [-0.1, -0.05) is 93.4 Å². The summed E-state index contributed by atoms with van der Waals surface area (Å²) in [4.78, 5) is 28.9. The van der Waals surface area contributed by atoms with Gasteiger partial charge in [-0.3, -0.25) is 9.59 Å². The molecule has 0 bridgehead atoms. The van der Waals surface area contributed by atoms with Crippen molar-refractivity contribution >= 4 is 55.4 Å². The zero-order valence-corrected chi connectivity index (χ0v) is 24.6. The molecule has 1 N–H and O–H groups in total. The van der Waals surface area contributed by atoms with Crippen molar-refractivity contribution in [3.05, 3.63) is 104 Å². The van der Waals surface area contributed by atoms with E-state index < -0.39 is 6.04 Å². The van der Waals surface area contributed by atoms with Gasteiger partial charge in [0.05, 0.1) is 5.75 Å². The molecule has 0 spiro atoms. The number of benzene rings is 3. The average Bonchev–Trinajstić information content (AvgIpc) is 2.87. The second-order valence-electron chi connectivity index (χ2n) is 8.79. The summed E-state index contributed by atoms with van der Waals surface area (Å²) in [5.74, 6) is 0.866.